The van der Waals surface area contributed by atoms with Gasteiger partial charge in [0.25, 0.3) is 11.5 Å². The lowest BCUT2D eigenvalue weighted by Gasteiger charge is -2.38. The van der Waals surface area contributed by atoms with Crippen molar-refractivity contribution >= 4 is 34.4 Å². The molecule has 2 aromatic heterocycles. The summed E-state index contributed by atoms with van der Waals surface area (Å²) in [5.74, 6) is 0.176. The maximum atomic E-state index is 13.2. The Hall–Kier alpha value is -3.79. The zero-order valence-electron chi connectivity index (χ0n) is 24.7. The number of nitrogens with one attached hydrogen (secondary N) is 2. The van der Waals surface area contributed by atoms with Crippen molar-refractivity contribution in [3.63, 3.8) is 0 Å². The van der Waals surface area contributed by atoms with Gasteiger partial charge in [-0.3, -0.25) is 14.5 Å². The second-order valence-electron chi connectivity index (χ2n) is 11.6. The second kappa shape index (κ2) is 11.8. The summed E-state index contributed by atoms with van der Waals surface area (Å²) >= 11 is 1.61. The number of thiophene rings is 1. The van der Waals surface area contributed by atoms with Gasteiger partial charge in [0.15, 0.2) is 5.82 Å². The van der Waals surface area contributed by atoms with E-state index in [-0.39, 0.29) is 17.3 Å². The van der Waals surface area contributed by atoms with Gasteiger partial charge in [0.1, 0.15) is 0 Å². The largest absolute Gasteiger partial charge is 0.336 e. The highest BCUT2D eigenvalue weighted by molar-refractivity contribution is 7.14. The fraction of sp³-hybridized carbons (Fsp3) is 0.364. The van der Waals surface area contributed by atoms with Gasteiger partial charge in [-0.05, 0) is 87.7 Å². The predicted octanol–water partition coefficient (Wildman–Crippen LogP) is 5.61. The maximum Gasteiger partial charge on any atom is 0.293 e. The number of nitrogens with zero attached hydrogens (tertiary/aromatic N) is 4. The van der Waals surface area contributed by atoms with Crippen molar-refractivity contribution in [1.82, 2.24) is 19.4 Å². The normalized spacial score (nSPS) is 17.6. The molecule has 0 saturated carbocycles. The van der Waals surface area contributed by atoms with Crippen molar-refractivity contribution in [2.45, 2.75) is 38.6 Å². The molecule has 2 aromatic carbocycles. The molecule has 1 fully saturated rings. The molecule has 6 rings (SSSR count). The van der Waals surface area contributed by atoms with Crippen LogP contribution in [0.1, 0.15) is 50.1 Å². The zero-order chi connectivity index (χ0) is 29.4. The molecule has 1 amide bonds. The fourth-order valence-corrected chi connectivity index (χ4v) is 7.10. The van der Waals surface area contributed by atoms with Crippen molar-refractivity contribution in [1.29, 1.82) is 0 Å². The molecule has 2 aliphatic rings. The van der Waals surface area contributed by atoms with E-state index in [1.54, 1.807) is 29.1 Å². The summed E-state index contributed by atoms with van der Waals surface area (Å²) in [6.45, 7) is 5.07. The monoisotopic (exact) mass is 582 g/mol. The molecule has 8 nitrogen and oxygen atoms in total. The Bertz CT molecular complexity index is 1650. The number of hydrogen-bond acceptors (Lipinski definition) is 7. The number of carbonyl (C=O) groups is 1. The second-order valence-corrected chi connectivity index (χ2v) is 12.7. The van der Waals surface area contributed by atoms with Crippen molar-refractivity contribution < 1.29 is 4.79 Å². The minimum atomic E-state index is -0.208. The number of hydrogen-bond donors (Lipinski definition) is 2. The third kappa shape index (κ3) is 5.77. The van der Waals surface area contributed by atoms with Gasteiger partial charge in [-0.1, -0.05) is 24.3 Å². The molecular weight excluding hydrogens is 544 g/mol. The average Bonchev–Trinajstić information content (AvgIpc) is 3.43. The first kappa shape index (κ1) is 28.3. The van der Waals surface area contributed by atoms with E-state index in [4.69, 9.17) is 4.98 Å². The lowest BCUT2D eigenvalue weighted by Crippen LogP contribution is -2.44. The predicted molar refractivity (Wildman–Crippen MR) is 171 cm³/mol. The quantitative estimate of drug-likeness (QED) is 0.308. The van der Waals surface area contributed by atoms with Crippen LogP contribution in [-0.2, 0) is 19.9 Å². The van der Waals surface area contributed by atoms with Gasteiger partial charge < -0.3 is 20.1 Å². The van der Waals surface area contributed by atoms with Crippen LogP contribution in [0.25, 0.3) is 11.3 Å². The molecule has 0 radical (unpaired) electrons. The first-order valence-electron chi connectivity index (χ1n) is 14.6. The third-order valence-electron chi connectivity index (χ3n) is 8.56. The van der Waals surface area contributed by atoms with Crippen LogP contribution in [0, 0.1) is 6.92 Å². The Labute approximate surface area is 251 Å². The Balaban J connectivity index is 1.23. The zero-order valence-corrected chi connectivity index (χ0v) is 25.6. The standard InChI is InChI=1S/C33H38N6O2S/c1-21-25(9-7-10-26(21)36-32(40)30-18-23-8-5-6-11-29(23)42-30)27-19-39(4)33(41)31(35-27)34-24-14-12-22(13-15-24)28-20-37(2)16-17-38(28)3/h7,9-10,12-15,18-19,28H,5-6,8,11,16-17,20H2,1-4H3,(H,34,35)(H,36,40). The topological polar surface area (TPSA) is 82.5 Å². The first-order chi connectivity index (χ1) is 20.3. The van der Waals surface area contributed by atoms with E-state index in [2.05, 4.69) is 52.7 Å². The van der Waals surface area contributed by atoms with E-state index in [1.807, 2.05) is 37.3 Å². The van der Waals surface area contributed by atoms with Crippen LogP contribution in [0.5, 0.6) is 0 Å². The fourth-order valence-electron chi connectivity index (χ4n) is 5.95. The SMILES string of the molecule is Cc1c(NC(=O)c2cc3c(s2)CCCC3)cccc1-c1cn(C)c(=O)c(Nc2ccc(C3CN(C)CCN3C)cc2)n1. The molecule has 1 aliphatic heterocycles. The highest BCUT2D eigenvalue weighted by Gasteiger charge is 2.24. The number of benzene rings is 2. The van der Waals surface area contributed by atoms with E-state index < -0.39 is 0 Å². The third-order valence-corrected chi connectivity index (χ3v) is 9.79. The van der Waals surface area contributed by atoms with E-state index in [9.17, 15) is 9.59 Å². The molecule has 4 aromatic rings. The molecule has 0 spiro atoms. The summed E-state index contributed by atoms with van der Waals surface area (Å²) in [7, 11) is 6.06. The Morgan fingerprint density at radius 1 is 1.02 bits per heavy atom. The number of carbonyl (C=O) groups excluding carboxylic acids is 1. The minimum Gasteiger partial charge on any atom is -0.336 e. The summed E-state index contributed by atoms with van der Waals surface area (Å²) in [4.78, 5) is 37.8. The van der Waals surface area contributed by atoms with Gasteiger partial charge >= 0.3 is 0 Å². The first-order valence-corrected chi connectivity index (χ1v) is 15.4. The molecule has 0 bridgehead atoms. The Kier molecular flexibility index (Phi) is 7.98. The molecule has 1 aliphatic carbocycles. The molecular formula is C33H38N6O2S. The van der Waals surface area contributed by atoms with Crippen LogP contribution < -0.4 is 16.2 Å². The van der Waals surface area contributed by atoms with E-state index >= 15 is 0 Å². The van der Waals surface area contributed by atoms with Crippen LogP contribution in [0.3, 0.4) is 0 Å². The molecule has 1 unspecified atom stereocenters. The lowest BCUT2D eigenvalue weighted by molar-refractivity contribution is 0.103. The molecule has 3 heterocycles. The highest BCUT2D eigenvalue weighted by atomic mass is 32.1. The van der Waals surface area contributed by atoms with Crippen LogP contribution in [0.4, 0.5) is 17.2 Å². The highest BCUT2D eigenvalue weighted by Crippen LogP contribution is 2.32. The number of amides is 1. The number of likely N-dealkylation sites (N-methyl/N-ethyl adjacent to an activating group) is 2. The number of fused-ring (bicyclic) bond motifs is 1. The van der Waals surface area contributed by atoms with Crippen LogP contribution >= 0.6 is 11.3 Å². The lowest BCUT2D eigenvalue weighted by atomic mass is 9.99. The summed E-state index contributed by atoms with van der Waals surface area (Å²) < 4.78 is 1.55. The van der Waals surface area contributed by atoms with Crippen molar-refractivity contribution in [3.8, 4) is 11.3 Å². The molecule has 42 heavy (non-hydrogen) atoms. The van der Waals surface area contributed by atoms with E-state index in [1.165, 1.54) is 28.8 Å². The summed E-state index contributed by atoms with van der Waals surface area (Å²) in [6.07, 6.45) is 6.25. The van der Waals surface area contributed by atoms with Crippen molar-refractivity contribution in [2.75, 3.05) is 44.4 Å². The summed E-state index contributed by atoms with van der Waals surface area (Å²) in [6, 6.07) is 16.5. The Morgan fingerprint density at radius 3 is 2.60 bits per heavy atom. The molecule has 218 valence electrons. The summed E-state index contributed by atoms with van der Waals surface area (Å²) in [5.41, 5.74) is 6.32. The van der Waals surface area contributed by atoms with Crippen LogP contribution in [0.15, 0.2) is 59.5 Å². The Morgan fingerprint density at radius 2 is 1.81 bits per heavy atom. The van der Waals surface area contributed by atoms with Crippen molar-refractivity contribution in [2.24, 2.45) is 7.05 Å². The number of rotatable bonds is 6. The van der Waals surface area contributed by atoms with Gasteiger partial charge in [0, 0.05) is 60.7 Å². The van der Waals surface area contributed by atoms with Gasteiger partial charge in [-0.15, -0.1) is 11.3 Å². The van der Waals surface area contributed by atoms with E-state index in [0.717, 1.165) is 59.9 Å². The molecule has 1 saturated heterocycles. The molecule has 9 heteroatoms. The van der Waals surface area contributed by atoms with Gasteiger partial charge in [0.05, 0.1) is 10.6 Å². The number of aryl methyl sites for hydroxylation is 3. The van der Waals surface area contributed by atoms with Gasteiger partial charge in [-0.25, -0.2) is 4.98 Å². The van der Waals surface area contributed by atoms with Gasteiger partial charge in [-0.2, -0.15) is 0 Å². The number of aromatic nitrogens is 2. The average molecular weight is 583 g/mol. The van der Waals surface area contributed by atoms with Gasteiger partial charge in [0.2, 0.25) is 0 Å². The van der Waals surface area contributed by atoms with Crippen molar-refractivity contribution in [3.05, 3.63) is 91.5 Å². The van der Waals surface area contributed by atoms with Crippen LogP contribution in [-0.4, -0.2) is 59.0 Å². The number of piperazine rings is 1. The summed E-state index contributed by atoms with van der Waals surface area (Å²) in [5, 5.41) is 6.37. The molecule has 2 N–H and O–H groups in total. The minimum absolute atomic E-state index is 0.0834. The van der Waals surface area contributed by atoms with Crippen LogP contribution in [0.2, 0.25) is 0 Å². The smallest absolute Gasteiger partial charge is 0.293 e. The number of anilines is 3. The van der Waals surface area contributed by atoms with E-state index in [0.29, 0.717) is 11.7 Å². The maximum absolute atomic E-state index is 13.2. The molecule has 1 atom stereocenters.